The number of ketones is 1. The predicted molar refractivity (Wildman–Crippen MR) is 66.5 cm³/mol. The van der Waals surface area contributed by atoms with Gasteiger partial charge in [-0.3, -0.25) is 10.1 Å². The number of anilines is 1. The molecule has 1 heterocycles. The molecule has 0 aliphatic heterocycles. The number of nitrogens with one attached hydrogen (secondary N) is 1. The van der Waals surface area contributed by atoms with Crippen LogP contribution < -0.4 is 5.32 Å². The molecule has 0 bridgehead atoms. The topological polar surface area (TPSA) is 92.1 Å². The lowest BCUT2D eigenvalue weighted by molar-refractivity contribution is 0.0635. The number of aromatic nitrogens is 1. The third-order valence-electron chi connectivity index (χ3n) is 1.64. The van der Waals surface area contributed by atoms with Gasteiger partial charge in [0.1, 0.15) is 17.7 Å². The molecule has 0 aliphatic rings. The van der Waals surface area contributed by atoms with Gasteiger partial charge >= 0.3 is 6.09 Å². The van der Waals surface area contributed by atoms with Gasteiger partial charge in [-0.05, 0) is 20.8 Å². The van der Waals surface area contributed by atoms with Crippen molar-refractivity contribution < 1.29 is 14.3 Å². The molecule has 0 radical (unpaired) electrons. The molecule has 1 N–H and O–H groups in total. The fraction of sp³-hybridized carbons (Fsp3) is 0.455. The monoisotopic (exact) mass is 267 g/mol. The molecular formula is C11H13N3O3S. The lowest BCUT2D eigenvalue weighted by Gasteiger charge is -2.18. The molecule has 7 heteroatoms. The Morgan fingerprint density at radius 3 is 2.78 bits per heavy atom. The molecule has 96 valence electrons. The number of hydrogen-bond donors (Lipinski definition) is 1. The zero-order chi connectivity index (χ0) is 13.8. The van der Waals surface area contributed by atoms with Crippen molar-refractivity contribution in [1.29, 1.82) is 5.26 Å². The Kier molecular flexibility index (Phi) is 4.39. The van der Waals surface area contributed by atoms with Crippen LogP contribution in [0.15, 0.2) is 5.38 Å². The third kappa shape index (κ3) is 4.51. The molecule has 18 heavy (non-hydrogen) atoms. The number of nitriles is 1. The van der Waals surface area contributed by atoms with Gasteiger partial charge in [0.2, 0.25) is 0 Å². The quantitative estimate of drug-likeness (QED) is 0.850. The first-order valence-electron chi connectivity index (χ1n) is 5.17. The highest BCUT2D eigenvalue weighted by Crippen LogP contribution is 2.17. The minimum atomic E-state index is -0.629. The van der Waals surface area contributed by atoms with Crippen LogP contribution in [0, 0.1) is 11.3 Å². The highest BCUT2D eigenvalue weighted by atomic mass is 32.1. The number of carbonyl (C=O) groups is 2. The molecule has 0 atom stereocenters. The summed E-state index contributed by atoms with van der Waals surface area (Å²) in [5.41, 5.74) is -0.423. The molecule has 0 saturated heterocycles. The molecule has 6 nitrogen and oxygen atoms in total. The highest BCUT2D eigenvalue weighted by molar-refractivity contribution is 7.14. The second kappa shape index (κ2) is 5.60. The summed E-state index contributed by atoms with van der Waals surface area (Å²) in [6, 6.07) is 1.75. The van der Waals surface area contributed by atoms with E-state index >= 15 is 0 Å². The zero-order valence-corrected chi connectivity index (χ0v) is 11.1. The summed E-state index contributed by atoms with van der Waals surface area (Å²) in [5, 5.41) is 12.6. The fourth-order valence-electron chi connectivity index (χ4n) is 1.01. The van der Waals surface area contributed by atoms with Gasteiger partial charge in [0.05, 0.1) is 6.07 Å². The van der Waals surface area contributed by atoms with Gasteiger partial charge in [-0.15, -0.1) is 11.3 Å². The number of amides is 1. The van der Waals surface area contributed by atoms with Crippen molar-refractivity contribution in [3.8, 4) is 6.07 Å². The Labute approximate surface area is 109 Å². The molecule has 1 aromatic rings. The first-order chi connectivity index (χ1) is 8.31. The third-order valence-corrected chi connectivity index (χ3v) is 2.40. The minimum absolute atomic E-state index is 0.174. The second-order valence-corrected chi connectivity index (χ2v) is 5.28. The van der Waals surface area contributed by atoms with E-state index in [0.717, 1.165) is 11.3 Å². The van der Waals surface area contributed by atoms with Crippen LogP contribution in [0.5, 0.6) is 0 Å². The summed E-state index contributed by atoms with van der Waals surface area (Å²) in [7, 11) is 0. The standard InChI is InChI=1S/C11H13N3O3S/c1-11(2,3)17-10(16)14-9-13-7(6-18-9)8(15)4-5-12/h6H,4H2,1-3H3,(H,13,14,16). The van der Waals surface area contributed by atoms with Crippen molar-refractivity contribution in [1.82, 2.24) is 4.98 Å². The van der Waals surface area contributed by atoms with Crippen LogP contribution in [0.25, 0.3) is 0 Å². The van der Waals surface area contributed by atoms with E-state index in [1.807, 2.05) is 0 Å². The maximum Gasteiger partial charge on any atom is 0.413 e. The molecule has 0 fully saturated rings. The Bertz CT molecular complexity index is 496. The van der Waals surface area contributed by atoms with Crippen molar-refractivity contribution in [3.63, 3.8) is 0 Å². The molecule has 0 saturated carbocycles. The van der Waals surface area contributed by atoms with E-state index in [2.05, 4.69) is 10.3 Å². The van der Waals surface area contributed by atoms with Crippen LogP contribution in [-0.2, 0) is 4.74 Å². The molecule has 1 aromatic heterocycles. The summed E-state index contributed by atoms with van der Waals surface area (Å²) in [4.78, 5) is 26.7. The number of nitrogens with zero attached hydrogens (tertiary/aromatic N) is 2. The van der Waals surface area contributed by atoms with Crippen molar-refractivity contribution in [3.05, 3.63) is 11.1 Å². The van der Waals surface area contributed by atoms with E-state index in [4.69, 9.17) is 10.00 Å². The normalized spacial score (nSPS) is 10.6. The van der Waals surface area contributed by atoms with Gasteiger partial charge in [-0.2, -0.15) is 5.26 Å². The average molecular weight is 267 g/mol. The lowest BCUT2D eigenvalue weighted by atomic mass is 10.2. The van der Waals surface area contributed by atoms with Gasteiger partial charge < -0.3 is 4.74 Å². The number of hydrogen-bond acceptors (Lipinski definition) is 6. The van der Waals surface area contributed by atoms with E-state index in [1.165, 1.54) is 5.38 Å². The first-order valence-corrected chi connectivity index (χ1v) is 6.05. The largest absolute Gasteiger partial charge is 0.444 e. The van der Waals surface area contributed by atoms with Crippen LogP contribution in [0.2, 0.25) is 0 Å². The van der Waals surface area contributed by atoms with E-state index in [1.54, 1.807) is 26.8 Å². The van der Waals surface area contributed by atoms with E-state index in [-0.39, 0.29) is 23.0 Å². The van der Waals surface area contributed by atoms with Crippen molar-refractivity contribution in [2.75, 3.05) is 5.32 Å². The molecule has 0 spiro atoms. The number of Topliss-reactive ketones (excluding diaryl/α,β-unsaturated/α-hetero) is 1. The summed E-state index contributed by atoms with van der Waals surface area (Å²) in [5.74, 6) is -0.369. The average Bonchev–Trinajstić information content (AvgIpc) is 2.63. The van der Waals surface area contributed by atoms with Gasteiger partial charge in [0.25, 0.3) is 0 Å². The predicted octanol–water partition coefficient (Wildman–Crippen LogP) is 2.59. The fourth-order valence-corrected chi connectivity index (χ4v) is 1.71. The molecular weight excluding hydrogens is 254 g/mol. The van der Waals surface area contributed by atoms with Crippen LogP contribution in [-0.4, -0.2) is 22.5 Å². The van der Waals surface area contributed by atoms with Gasteiger partial charge in [-0.25, -0.2) is 9.78 Å². The molecule has 0 unspecified atom stereocenters. The smallest absolute Gasteiger partial charge is 0.413 e. The second-order valence-electron chi connectivity index (χ2n) is 4.42. The maximum atomic E-state index is 11.4. The Balaban J connectivity index is 2.62. The van der Waals surface area contributed by atoms with E-state index in [0.29, 0.717) is 0 Å². The lowest BCUT2D eigenvalue weighted by Crippen LogP contribution is -2.27. The Morgan fingerprint density at radius 1 is 1.56 bits per heavy atom. The van der Waals surface area contributed by atoms with E-state index < -0.39 is 11.7 Å². The Morgan fingerprint density at radius 2 is 2.22 bits per heavy atom. The van der Waals surface area contributed by atoms with Crippen molar-refractivity contribution >= 4 is 28.3 Å². The molecule has 0 aromatic carbocycles. The van der Waals surface area contributed by atoms with Crippen LogP contribution >= 0.6 is 11.3 Å². The number of carbonyl (C=O) groups excluding carboxylic acids is 2. The maximum absolute atomic E-state index is 11.4. The molecule has 1 rings (SSSR count). The number of ether oxygens (including phenoxy) is 1. The summed E-state index contributed by atoms with van der Waals surface area (Å²) >= 11 is 1.10. The number of thiazole rings is 1. The van der Waals surface area contributed by atoms with Crippen LogP contribution in [0.1, 0.15) is 37.7 Å². The van der Waals surface area contributed by atoms with Crippen molar-refractivity contribution in [2.24, 2.45) is 0 Å². The van der Waals surface area contributed by atoms with Gasteiger partial charge in [0, 0.05) is 5.38 Å². The van der Waals surface area contributed by atoms with Crippen LogP contribution in [0.4, 0.5) is 9.93 Å². The SMILES string of the molecule is CC(C)(C)OC(=O)Nc1nc(C(=O)CC#N)cs1. The van der Waals surface area contributed by atoms with Crippen molar-refractivity contribution in [2.45, 2.75) is 32.8 Å². The summed E-state index contributed by atoms with van der Waals surface area (Å²) in [6.07, 6.45) is -0.855. The summed E-state index contributed by atoms with van der Waals surface area (Å²) in [6.45, 7) is 5.24. The zero-order valence-electron chi connectivity index (χ0n) is 10.3. The van der Waals surface area contributed by atoms with Gasteiger partial charge in [0.15, 0.2) is 10.9 Å². The minimum Gasteiger partial charge on any atom is -0.444 e. The first kappa shape index (κ1) is 14.1. The molecule has 0 aliphatic carbocycles. The molecule has 1 amide bonds. The van der Waals surface area contributed by atoms with Crippen LogP contribution in [0.3, 0.4) is 0 Å². The van der Waals surface area contributed by atoms with Gasteiger partial charge in [-0.1, -0.05) is 0 Å². The van der Waals surface area contributed by atoms with E-state index in [9.17, 15) is 9.59 Å². The summed E-state index contributed by atoms with van der Waals surface area (Å²) < 4.78 is 5.04. The Hall–Kier alpha value is -1.94. The highest BCUT2D eigenvalue weighted by Gasteiger charge is 2.18. The number of rotatable bonds is 3.